The summed E-state index contributed by atoms with van der Waals surface area (Å²) in [7, 11) is 0. The van der Waals surface area contributed by atoms with Crippen molar-refractivity contribution in [1.82, 2.24) is 4.90 Å². The van der Waals surface area contributed by atoms with Crippen LogP contribution in [0.1, 0.15) is 26.3 Å². The summed E-state index contributed by atoms with van der Waals surface area (Å²) in [6, 6.07) is 6.00. The van der Waals surface area contributed by atoms with Gasteiger partial charge in [0.25, 0.3) is 0 Å². The Morgan fingerprint density at radius 3 is 2.35 bits per heavy atom. The van der Waals surface area contributed by atoms with Gasteiger partial charge >= 0.3 is 12.6 Å². The number of likely N-dealkylation sites (N-methyl/N-ethyl adjacent to an activating group) is 1. The van der Waals surface area contributed by atoms with Crippen molar-refractivity contribution in [2.75, 3.05) is 13.1 Å². The summed E-state index contributed by atoms with van der Waals surface area (Å²) < 4.78 is 29.4. The monoisotopic (exact) mass is 287 g/mol. The Labute approximate surface area is 117 Å². The van der Waals surface area contributed by atoms with Gasteiger partial charge in [-0.05, 0) is 26.1 Å². The van der Waals surface area contributed by atoms with E-state index in [1.165, 1.54) is 25.1 Å². The number of carboxylic acid groups (broad SMARTS) is 1. The van der Waals surface area contributed by atoms with Crippen molar-refractivity contribution in [1.29, 1.82) is 0 Å². The molecule has 0 saturated carbocycles. The molecule has 0 heterocycles. The van der Waals surface area contributed by atoms with Crippen LogP contribution in [-0.2, 0) is 10.3 Å². The fourth-order valence-electron chi connectivity index (χ4n) is 2.34. The zero-order chi connectivity index (χ0) is 15.3. The fraction of sp³-hybridized carbons (Fsp3) is 0.500. The molecule has 0 aromatic heterocycles. The SMILES string of the molecule is CCN(CC)C(C)(C(=O)O)c1ccccc1OC(F)F. The Morgan fingerprint density at radius 2 is 1.90 bits per heavy atom. The topological polar surface area (TPSA) is 49.8 Å². The third-order valence-electron chi connectivity index (χ3n) is 3.44. The summed E-state index contributed by atoms with van der Waals surface area (Å²) >= 11 is 0. The summed E-state index contributed by atoms with van der Waals surface area (Å²) in [5.74, 6) is -1.22. The lowest BCUT2D eigenvalue weighted by atomic mass is 9.89. The van der Waals surface area contributed by atoms with Crippen LogP contribution in [0.25, 0.3) is 0 Å². The van der Waals surface area contributed by atoms with Gasteiger partial charge in [0.2, 0.25) is 0 Å². The van der Waals surface area contributed by atoms with Gasteiger partial charge in [0.15, 0.2) is 0 Å². The van der Waals surface area contributed by atoms with E-state index in [0.717, 1.165) is 0 Å². The molecular weight excluding hydrogens is 268 g/mol. The first kappa shape index (κ1) is 16.4. The van der Waals surface area contributed by atoms with Crippen LogP contribution < -0.4 is 4.74 Å². The summed E-state index contributed by atoms with van der Waals surface area (Å²) in [6.45, 7) is 3.09. The molecule has 20 heavy (non-hydrogen) atoms. The molecule has 0 fully saturated rings. The number of para-hydroxylation sites is 1. The van der Waals surface area contributed by atoms with Gasteiger partial charge in [-0.15, -0.1) is 0 Å². The lowest BCUT2D eigenvalue weighted by Gasteiger charge is -2.37. The van der Waals surface area contributed by atoms with Crippen molar-refractivity contribution in [3.05, 3.63) is 29.8 Å². The number of alkyl halides is 2. The minimum absolute atomic E-state index is 0.112. The summed E-state index contributed by atoms with van der Waals surface area (Å²) in [6.07, 6.45) is 0. The average Bonchev–Trinajstić information content (AvgIpc) is 2.39. The average molecular weight is 287 g/mol. The second-order valence-electron chi connectivity index (χ2n) is 4.42. The predicted octanol–water partition coefficient (Wildman–Crippen LogP) is 2.93. The van der Waals surface area contributed by atoms with E-state index in [1.807, 2.05) is 13.8 Å². The van der Waals surface area contributed by atoms with Crippen LogP contribution in [0, 0.1) is 0 Å². The molecular formula is C14H19F2NO3. The van der Waals surface area contributed by atoms with Gasteiger partial charge < -0.3 is 9.84 Å². The third kappa shape index (κ3) is 3.07. The van der Waals surface area contributed by atoms with Crippen molar-refractivity contribution in [3.8, 4) is 5.75 Å². The first-order valence-electron chi connectivity index (χ1n) is 6.40. The normalized spacial score (nSPS) is 14.3. The van der Waals surface area contributed by atoms with Crippen molar-refractivity contribution >= 4 is 5.97 Å². The molecule has 0 spiro atoms. The summed E-state index contributed by atoms with van der Waals surface area (Å²) in [5, 5.41) is 9.59. The van der Waals surface area contributed by atoms with Crippen LogP contribution in [0.3, 0.4) is 0 Å². The molecule has 0 aliphatic heterocycles. The Kier molecular flexibility index (Phi) is 5.44. The molecule has 1 unspecified atom stereocenters. The first-order chi connectivity index (χ1) is 9.37. The number of hydrogen-bond acceptors (Lipinski definition) is 3. The molecule has 112 valence electrons. The van der Waals surface area contributed by atoms with Crippen LogP contribution in [0.2, 0.25) is 0 Å². The van der Waals surface area contributed by atoms with E-state index in [0.29, 0.717) is 13.1 Å². The van der Waals surface area contributed by atoms with Crippen LogP contribution in [0.5, 0.6) is 5.75 Å². The number of carbonyl (C=O) groups is 1. The van der Waals surface area contributed by atoms with E-state index < -0.39 is 18.1 Å². The molecule has 0 bridgehead atoms. The first-order valence-corrected chi connectivity index (χ1v) is 6.40. The highest BCUT2D eigenvalue weighted by molar-refractivity contribution is 5.81. The van der Waals surface area contributed by atoms with E-state index in [9.17, 15) is 18.7 Å². The van der Waals surface area contributed by atoms with Gasteiger partial charge in [0.1, 0.15) is 11.3 Å². The third-order valence-corrected chi connectivity index (χ3v) is 3.44. The molecule has 0 saturated heterocycles. The van der Waals surface area contributed by atoms with E-state index in [-0.39, 0.29) is 11.3 Å². The van der Waals surface area contributed by atoms with Crippen molar-refractivity contribution < 1.29 is 23.4 Å². The van der Waals surface area contributed by atoms with Gasteiger partial charge in [-0.25, -0.2) is 4.79 Å². The zero-order valence-corrected chi connectivity index (χ0v) is 11.8. The maximum absolute atomic E-state index is 12.5. The largest absolute Gasteiger partial charge is 0.480 e. The molecule has 1 rings (SSSR count). The van der Waals surface area contributed by atoms with Gasteiger partial charge in [0, 0.05) is 5.56 Å². The highest BCUT2D eigenvalue weighted by atomic mass is 19.3. The second-order valence-corrected chi connectivity index (χ2v) is 4.42. The van der Waals surface area contributed by atoms with E-state index in [1.54, 1.807) is 11.0 Å². The van der Waals surface area contributed by atoms with Gasteiger partial charge in [-0.1, -0.05) is 32.0 Å². The summed E-state index contributed by atoms with van der Waals surface area (Å²) in [4.78, 5) is 13.4. The quantitative estimate of drug-likeness (QED) is 0.837. The van der Waals surface area contributed by atoms with Crippen molar-refractivity contribution in [2.24, 2.45) is 0 Å². The molecule has 1 atom stereocenters. The molecule has 1 aromatic rings. The molecule has 1 aromatic carbocycles. The van der Waals surface area contributed by atoms with Crippen LogP contribution >= 0.6 is 0 Å². The number of rotatable bonds is 7. The molecule has 0 amide bonds. The summed E-state index contributed by atoms with van der Waals surface area (Å²) in [5.41, 5.74) is -1.20. The minimum Gasteiger partial charge on any atom is -0.480 e. The fourth-order valence-corrected chi connectivity index (χ4v) is 2.34. The Morgan fingerprint density at radius 1 is 1.35 bits per heavy atom. The Hall–Kier alpha value is -1.69. The lowest BCUT2D eigenvalue weighted by Crippen LogP contribution is -2.50. The molecule has 1 N–H and O–H groups in total. The minimum atomic E-state index is -2.99. The predicted molar refractivity (Wildman–Crippen MR) is 71.0 cm³/mol. The number of nitrogens with zero attached hydrogens (tertiary/aromatic N) is 1. The standard InChI is InChI=1S/C14H19F2NO3/c1-4-17(5-2)14(3,12(18)19)10-8-6-7-9-11(10)20-13(15)16/h6-9,13H,4-5H2,1-3H3,(H,18,19). The lowest BCUT2D eigenvalue weighted by molar-refractivity contribution is -0.151. The molecule has 0 radical (unpaired) electrons. The highest BCUT2D eigenvalue weighted by Gasteiger charge is 2.42. The number of ether oxygens (including phenoxy) is 1. The van der Waals surface area contributed by atoms with E-state index in [4.69, 9.17) is 0 Å². The molecule has 4 nitrogen and oxygen atoms in total. The van der Waals surface area contributed by atoms with Gasteiger partial charge in [-0.2, -0.15) is 8.78 Å². The highest BCUT2D eigenvalue weighted by Crippen LogP contribution is 2.35. The number of halogens is 2. The smallest absolute Gasteiger partial charge is 0.387 e. The maximum atomic E-state index is 12.5. The van der Waals surface area contributed by atoms with Crippen LogP contribution in [0.15, 0.2) is 24.3 Å². The second kappa shape index (κ2) is 6.65. The van der Waals surface area contributed by atoms with Crippen LogP contribution in [-0.4, -0.2) is 35.7 Å². The molecule has 6 heteroatoms. The van der Waals surface area contributed by atoms with Gasteiger partial charge in [0.05, 0.1) is 0 Å². The molecule has 0 aliphatic rings. The number of aliphatic carboxylic acids is 1. The van der Waals surface area contributed by atoms with Gasteiger partial charge in [-0.3, -0.25) is 4.90 Å². The number of hydrogen-bond donors (Lipinski definition) is 1. The van der Waals surface area contributed by atoms with E-state index in [2.05, 4.69) is 4.74 Å². The van der Waals surface area contributed by atoms with Crippen molar-refractivity contribution in [3.63, 3.8) is 0 Å². The Balaban J connectivity index is 3.39. The molecule has 0 aliphatic carbocycles. The number of carboxylic acids is 1. The maximum Gasteiger partial charge on any atom is 0.387 e. The zero-order valence-electron chi connectivity index (χ0n) is 11.8. The van der Waals surface area contributed by atoms with Crippen molar-refractivity contribution in [2.45, 2.75) is 32.9 Å². The van der Waals surface area contributed by atoms with Crippen LogP contribution in [0.4, 0.5) is 8.78 Å². The number of benzene rings is 1. The van der Waals surface area contributed by atoms with E-state index >= 15 is 0 Å². The Bertz CT molecular complexity index is 463.